The molecule has 90 valence electrons. The quantitative estimate of drug-likeness (QED) is 0.757. The summed E-state index contributed by atoms with van der Waals surface area (Å²) < 4.78 is 25.9. The molecule has 0 amide bonds. The highest BCUT2D eigenvalue weighted by Crippen LogP contribution is 2.15. The van der Waals surface area contributed by atoms with Gasteiger partial charge in [0.25, 0.3) is 0 Å². The number of aromatic nitrogens is 2. The Bertz CT molecular complexity index is 475. The predicted molar refractivity (Wildman–Crippen MR) is 58.7 cm³/mol. The van der Waals surface area contributed by atoms with E-state index in [2.05, 4.69) is 14.9 Å². The van der Waals surface area contributed by atoms with Crippen LogP contribution < -0.4 is 4.72 Å². The Kier molecular flexibility index (Phi) is 4.06. The number of hydrogen-bond acceptors (Lipinski definition) is 4. The van der Waals surface area contributed by atoms with Crippen LogP contribution in [0, 0.1) is 13.8 Å². The van der Waals surface area contributed by atoms with Gasteiger partial charge < -0.3 is 0 Å². The fourth-order valence-electron chi connectivity index (χ4n) is 1.29. The zero-order chi connectivity index (χ0) is 12.3. The number of hydrogen-bond donors (Lipinski definition) is 2. The summed E-state index contributed by atoms with van der Waals surface area (Å²) in [4.78, 5) is 10.6. The Morgan fingerprint density at radius 2 is 2.12 bits per heavy atom. The van der Waals surface area contributed by atoms with Gasteiger partial charge in [0.1, 0.15) is 4.90 Å². The van der Waals surface area contributed by atoms with Crippen LogP contribution in [0.3, 0.4) is 0 Å². The van der Waals surface area contributed by atoms with Crippen LogP contribution in [0.4, 0.5) is 0 Å². The smallest absolute Gasteiger partial charge is 0.244 e. The maximum Gasteiger partial charge on any atom is 0.244 e. The highest BCUT2D eigenvalue weighted by Gasteiger charge is 2.21. The molecule has 16 heavy (non-hydrogen) atoms. The molecular formula is C8H12ClN3O3S. The summed E-state index contributed by atoms with van der Waals surface area (Å²) in [6.07, 6.45) is -0.0449. The lowest BCUT2D eigenvalue weighted by molar-refractivity contribution is -0.111. The van der Waals surface area contributed by atoms with Gasteiger partial charge in [0.15, 0.2) is 0 Å². The second-order valence-corrected chi connectivity index (χ2v) is 5.39. The first-order valence-electron chi connectivity index (χ1n) is 4.54. The summed E-state index contributed by atoms with van der Waals surface area (Å²) in [6, 6.07) is 0. The number of halogens is 1. The average molecular weight is 266 g/mol. The van der Waals surface area contributed by atoms with Crippen molar-refractivity contribution in [3.63, 3.8) is 0 Å². The molecule has 0 aliphatic heterocycles. The van der Waals surface area contributed by atoms with Crippen LogP contribution in [0.15, 0.2) is 4.90 Å². The van der Waals surface area contributed by atoms with Crippen molar-refractivity contribution in [2.45, 2.75) is 25.2 Å². The number of sulfonamides is 1. The zero-order valence-electron chi connectivity index (χ0n) is 8.87. The Hall–Kier alpha value is -0.920. The summed E-state index contributed by atoms with van der Waals surface area (Å²) >= 11 is 5.10. The number of rotatable bonds is 5. The summed E-state index contributed by atoms with van der Waals surface area (Å²) in [5.41, 5.74) is 0.851. The first-order valence-corrected chi connectivity index (χ1v) is 6.40. The van der Waals surface area contributed by atoms with Gasteiger partial charge in [-0.2, -0.15) is 5.10 Å². The third-order valence-corrected chi connectivity index (χ3v) is 3.86. The van der Waals surface area contributed by atoms with Crippen molar-refractivity contribution in [2.24, 2.45) is 0 Å². The van der Waals surface area contributed by atoms with Gasteiger partial charge in [-0.1, -0.05) is 0 Å². The van der Waals surface area contributed by atoms with Crippen LogP contribution in [0.5, 0.6) is 0 Å². The summed E-state index contributed by atoms with van der Waals surface area (Å²) in [6.45, 7) is 3.18. The van der Waals surface area contributed by atoms with Crippen molar-refractivity contribution in [3.8, 4) is 0 Å². The van der Waals surface area contributed by atoms with Crippen LogP contribution in [-0.4, -0.2) is 30.4 Å². The van der Waals surface area contributed by atoms with Crippen molar-refractivity contribution in [1.82, 2.24) is 14.9 Å². The predicted octanol–water partition coefficient (Wildman–Crippen LogP) is 0.460. The second kappa shape index (κ2) is 4.94. The molecule has 1 aromatic heterocycles. The van der Waals surface area contributed by atoms with Crippen molar-refractivity contribution in [2.75, 3.05) is 6.54 Å². The molecule has 8 heteroatoms. The number of nitrogens with one attached hydrogen (secondary N) is 2. The molecule has 1 rings (SSSR count). The first kappa shape index (κ1) is 13.1. The molecule has 0 bridgehead atoms. The topological polar surface area (TPSA) is 91.9 Å². The van der Waals surface area contributed by atoms with Crippen molar-refractivity contribution >= 4 is 26.9 Å². The molecule has 6 nitrogen and oxygen atoms in total. The van der Waals surface area contributed by atoms with Gasteiger partial charge in [-0.05, 0) is 25.4 Å². The fraction of sp³-hybridized carbons (Fsp3) is 0.500. The van der Waals surface area contributed by atoms with E-state index < -0.39 is 15.3 Å². The minimum Gasteiger partial charge on any atom is -0.281 e. The van der Waals surface area contributed by atoms with Gasteiger partial charge in [0.05, 0.1) is 11.4 Å². The Morgan fingerprint density at radius 1 is 1.50 bits per heavy atom. The number of aromatic amines is 1. The Balaban J connectivity index is 2.83. The van der Waals surface area contributed by atoms with Gasteiger partial charge in [-0.25, -0.2) is 13.1 Å². The van der Waals surface area contributed by atoms with Crippen molar-refractivity contribution < 1.29 is 13.2 Å². The Labute approximate surface area is 98.4 Å². The lowest BCUT2D eigenvalue weighted by atomic mass is 10.4. The number of carbonyl (C=O) groups excluding carboxylic acids is 1. The van der Waals surface area contributed by atoms with E-state index in [-0.39, 0.29) is 17.9 Å². The van der Waals surface area contributed by atoms with E-state index >= 15 is 0 Å². The number of carbonyl (C=O) groups is 1. The van der Waals surface area contributed by atoms with E-state index in [0.29, 0.717) is 11.4 Å². The molecule has 1 heterocycles. The van der Waals surface area contributed by atoms with Gasteiger partial charge in [0.2, 0.25) is 15.3 Å². The van der Waals surface area contributed by atoms with E-state index in [9.17, 15) is 13.2 Å². The molecule has 0 saturated heterocycles. The summed E-state index contributed by atoms with van der Waals surface area (Å²) in [7, 11) is -3.63. The minimum atomic E-state index is -3.63. The van der Waals surface area contributed by atoms with Crippen LogP contribution in [0.2, 0.25) is 0 Å². The standard InChI is InChI=1S/C8H12ClN3O3S/c1-5-8(6(2)12-11-5)16(14,15)10-4-3-7(9)13/h10H,3-4H2,1-2H3,(H,11,12). The average Bonchev–Trinajstić information content (AvgIpc) is 2.45. The molecule has 0 radical (unpaired) electrons. The second-order valence-electron chi connectivity index (χ2n) is 3.27. The molecule has 0 fully saturated rings. The molecule has 1 aromatic rings. The highest BCUT2D eigenvalue weighted by molar-refractivity contribution is 7.89. The number of nitrogens with zero attached hydrogens (tertiary/aromatic N) is 1. The molecule has 0 atom stereocenters. The summed E-state index contributed by atoms with van der Waals surface area (Å²) in [5.74, 6) is 0. The van der Waals surface area contributed by atoms with Crippen LogP contribution >= 0.6 is 11.6 Å². The van der Waals surface area contributed by atoms with Crippen LogP contribution in [-0.2, 0) is 14.8 Å². The van der Waals surface area contributed by atoms with Gasteiger partial charge in [-0.15, -0.1) is 0 Å². The Morgan fingerprint density at radius 3 is 2.56 bits per heavy atom. The first-order chi connectivity index (χ1) is 7.34. The molecule has 0 saturated carbocycles. The van der Waals surface area contributed by atoms with Gasteiger partial charge >= 0.3 is 0 Å². The monoisotopic (exact) mass is 265 g/mol. The van der Waals surface area contributed by atoms with Gasteiger partial charge in [-0.3, -0.25) is 9.89 Å². The van der Waals surface area contributed by atoms with E-state index in [1.807, 2.05) is 0 Å². The molecule has 0 unspecified atom stereocenters. The van der Waals surface area contributed by atoms with E-state index in [0.717, 1.165) is 0 Å². The maximum absolute atomic E-state index is 11.8. The largest absolute Gasteiger partial charge is 0.281 e. The molecule has 0 aromatic carbocycles. The molecule has 0 spiro atoms. The van der Waals surface area contributed by atoms with E-state index in [4.69, 9.17) is 11.6 Å². The van der Waals surface area contributed by atoms with E-state index in [1.54, 1.807) is 13.8 Å². The molecular weight excluding hydrogens is 254 g/mol. The highest BCUT2D eigenvalue weighted by atomic mass is 35.5. The number of H-pyrrole nitrogens is 1. The summed E-state index contributed by atoms with van der Waals surface area (Å²) in [5, 5.41) is 5.79. The fourth-order valence-corrected chi connectivity index (χ4v) is 2.79. The molecule has 0 aliphatic rings. The third kappa shape index (κ3) is 3.03. The van der Waals surface area contributed by atoms with E-state index in [1.165, 1.54) is 0 Å². The number of aryl methyl sites for hydroxylation is 2. The SMILES string of the molecule is Cc1n[nH]c(C)c1S(=O)(=O)NCCC(=O)Cl. The normalized spacial score (nSPS) is 11.7. The molecule has 2 N–H and O–H groups in total. The maximum atomic E-state index is 11.8. The third-order valence-electron chi connectivity index (χ3n) is 1.94. The zero-order valence-corrected chi connectivity index (χ0v) is 10.4. The van der Waals surface area contributed by atoms with Crippen LogP contribution in [0.25, 0.3) is 0 Å². The van der Waals surface area contributed by atoms with Crippen LogP contribution in [0.1, 0.15) is 17.8 Å². The van der Waals surface area contributed by atoms with Crippen molar-refractivity contribution in [3.05, 3.63) is 11.4 Å². The van der Waals surface area contributed by atoms with Crippen molar-refractivity contribution in [1.29, 1.82) is 0 Å². The lowest BCUT2D eigenvalue weighted by Crippen LogP contribution is -2.26. The van der Waals surface area contributed by atoms with Gasteiger partial charge in [0, 0.05) is 13.0 Å². The minimum absolute atomic E-state index is 0.0191. The lowest BCUT2D eigenvalue weighted by Gasteiger charge is -2.05. The molecule has 0 aliphatic carbocycles.